The molecule has 0 saturated carbocycles. The van der Waals surface area contributed by atoms with Gasteiger partial charge in [-0.15, -0.1) is 0 Å². The quantitative estimate of drug-likeness (QED) is 0.583. The average molecular weight is 420 g/mol. The third kappa shape index (κ3) is 4.99. The van der Waals surface area contributed by atoms with Crippen molar-refractivity contribution in [2.24, 2.45) is 0 Å². The molecule has 0 spiro atoms. The smallest absolute Gasteiger partial charge is 0.272 e. The van der Waals surface area contributed by atoms with Crippen LogP contribution in [0.3, 0.4) is 0 Å². The number of piperidine rings is 1. The normalized spacial score (nSPS) is 16.5. The third-order valence-electron chi connectivity index (χ3n) is 5.72. The van der Waals surface area contributed by atoms with E-state index >= 15 is 0 Å². The molecule has 1 amide bonds. The minimum absolute atomic E-state index is 0.0386. The van der Waals surface area contributed by atoms with E-state index in [2.05, 4.69) is 22.2 Å². The lowest BCUT2D eigenvalue weighted by atomic mass is 9.92. The Morgan fingerprint density at radius 3 is 2.84 bits per heavy atom. The molecule has 1 atom stereocenters. The molecular formula is C24H29N5O2. The molecular weight excluding hydrogens is 390 g/mol. The fourth-order valence-electron chi connectivity index (χ4n) is 4.14. The first-order chi connectivity index (χ1) is 15.2. The average Bonchev–Trinajstić information content (AvgIpc) is 3.29. The molecule has 0 bridgehead atoms. The molecule has 2 aromatic heterocycles. The Hall–Kier alpha value is -3.06. The van der Waals surface area contributed by atoms with Crippen molar-refractivity contribution in [1.29, 1.82) is 0 Å². The lowest BCUT2D eigenvalue weighted by Gasteiger charge is -2.33. The number of amides is 1. The van der Waals surface area contributed by atoms with Gasteiger partial charge < -0.3 is 9.64 Å². The van der Waals surface area contributed by atoms with Gasteiger partial charge in [-0.2, -0.15) is 5.10 Å². The number of nitrogens with zero attached hydrogens (tertiary/aromatic N) is 5. The van der Waals surface area contributed by atoms with Crippen LogP contribution in [-0.2, 0) is 24.5 Å². The van der Waals surface area contributed by atoms with E-state index in [9.17, 15) is 4.79 Å². The number of carbonyl (C=O) groups is 1. The molecule has 3 aromatic rings. The largest absolute Gasteiger partial charge is 0.372 e. The topological polar surface area (TPSA) is 73.1 Å². The number of hydrogen-bond acceptors (Lipinski definition) is 5. The van der Waals surface area contributed by atoms with Crippen LogP contribution in [0.25, 0.3) is 0 Å². The van der Waals surface area contributed by atoms with Crippen LogP contribution in [0.4, 0.5) is 0 Å². The summed E-state index contributed by atoms with van der Waals surface area (Å²) in [5, 5.41) is 4.24. The number of ether oxygens (including phenoxy) is 1. The summed E-state index contributed by atoms with van der Waals surface area (Å²) >= 11 is 0. The zero-order valence-electron chi connectivity index (χ0n) is 18.2. The standard InChI is InChI=1S/C24H29N5O2/c1-3-29-22(11-12-26-29)24(30)28-13-7-10-20(15-28)23-21(14-25-18(2)27-23)17-31-16-19-8-5-4-6-9-19/h4-6,8-9,11-12,14,20H,3,7,10,13,15-17H2,1-2H3. The van der Waals surface area contributed by atoms with E-state index in [0.29, 0.717) is 32.0 Å². The second-order valence-electron chi connectivity index (χ2n) is 7.93. The van der Waals surface area contributed by atoms with Gasteiger partial charge in [0.15, 0.2) is 0 Å². The Labute approximate surface area is 183 Å². The van der Waals surface area contributed by atoms with Crippen LogP contribution in [0.1, 0.15) is 58.8 Å². The predicted octanol–water partition coefficient (Wildman–Crippen LogP) is 3.74. The molecule has 1 aromatic carbocycles. The van der Waals surface area contributed by atoms with E-state index in [-0.39, 0.29) is 11.8 Å². The number of aromatic nitrogens is 4. The lowest BCUT2D eigenvalue weighted by molar-refractivity contribution is 0.0690. The molecule has 0 N–H and O–H groups in total. The Morgan fingerprint density at radius 2 is 2.03 bits per heavy atom. The van der Waals surface area contributed by atoms with E-state index in [1.165, 1.54) is 0 Å². The van der Waals surface area contributed by atoms with Gasteiger partial charge >= 0.3 is 0 Å². The molecule has 162 valence electrons. The molecule has 1 fully saturated rings. The van der Waals surface area contributed by atoms with Crippen molar-refractivity contribution >= 4 is 5.91 Å². The second-order valence-corrected chi connectivity index (χ2v) is 7.93. The van der Waals surface area contributed by atoms with Crippen molar-refractivity contribution in [2.75, 3.05) is 13.1 Å². The lowest BCUT2D eigenvalue weighted by Crippen LogP contribution is -2.40. The molecule has 1 aliphatic heterocycles. The van der Waals surface area contributed by atoms with E-state index in [1.807, 2.05) is 43.1 Å². The van der Waals surface area contributed by atoms with Crippen LogP contribution in [0.2, 0.25) is 0 Å². The number of rotatable bonds is 7. The highest BCUT2D eigenvalue weighted by molar-refractivity contribution is 5.92. The Balaban J connectivity index is 1.47. The molecule has 31 heavy (non-hydrogen) atoms. The highest BCUT2D eigenvalue weighted by Gasteiger charge is 2.29. The van der Waals surface area contributed by atoms with Crippen LogP contribution in [-0.4, -0.2) is 43.6 Å². The van der Waals surface area contributed by atoms with Gasteiger partial charge in [-0.3, -0.25) is 9.48 Å². The summed E-state index contributed by atoms with van der Waals surface area (Å²) in [6.07, 6.45) is 5.51. The van der Waals surface area contributed by atoms with E-state index < -0.39 is 0 Å². The van der Waals surface area contributed by atoms with Gasteiger partial charge in [0.2, 0.25) is 0 Å². The second kappa shape index (κ2) is 9.83. The van der Waals surface area contributed by atoms with Gasteiger partial charge in [-0.25, -0.2) is 9.97 Å². The first-order valence-electron chi connectivity index (χ1n) is 10.9. The third-order valence-corrected chi connectivity index (χ3v) is 5.72. The van der Waals surface area contributed by atoms with Crippen molar-refractivity contribution in [3.05, 3.63) is 77.1 Å². The minimum Gasteiger partial charge on any atom is -0.372 e. The molecule has 1 aliphatic rings. The number of likely N-dealkylation sites (tertiary alicyclic amines) is 1. The summed E-state index contributed by atoms with van der Waals surface area (Å²) in [4.78, 5) is 24.2. The van der Waals surface area contributed by atoms with Crippen molar-refractivity contribution in [3.63, 3.8) is 0 Å². The van der Waals surface area contributed by atoms with Crippen molar-refractivity contribution < 1.29 is 9.53 Å². The summed E-state index contributed by atoms with van der Waals surface area (Å²) in [6, 6.07) is 11.9. The summed E-state index contributed by atoms with van der Waals surface area (Å²) in [5.41, 5.74) is 3.79. The van der Waals surface area contributed by atoms with Crippen molar-refractivity contribution in [2.45, 2.75) is 52.4 Å². The molecule has 1 unspecified atom stereocenters. The van der Waals surface area contributed by atoms with Crippen LogP contribution >= 0.6 is 0 Å². The molecule has 0 radical (unpaired) electrons. The Bertz CT molecular complexity index is 1020. The number of aryl methyl sites for hydroxylation is 2. The molecule has 7 nitrogen and oxygen atoms in total. The fourth-order valence-corrected chi connectivity index (χ4v) is 4.14. The van der Waals surface area contributed by atoms with Crippen LogP contribution < -0.4 is 0 Å². The first-order valence-corrected chi connectivity index (χ1v) is 10.9. The first kappa shape index (κ1) is 21.2. The van der Waals surface area contributed by atoms with Gasteiger partial charge in [-0.1, -0.05) is 30.3 Å². The van der Waals surface area contributed by atoms with Crippen LogP contribution in [0.5, 0.6) is 0 Å². The predicted molar refractivity (Wildman–Crippen MR) is 117 cm³/mol. The number of hydrogen-bond donors (Lipinski definition) is 0. The van der Waals surface area contributed by atoms with Gasteiger partial charge in [0, 0.05) is 43.5 Å². The minimum atomic E-state index is 0.0386. The summed E-state index contributed by atoms with van der Waals surface area (Å²) < 4.78 is 7.72. The zero-order chi connectivity index (χ0) is 21.6. The number of carbonyl (C=O) groups excluding carboxylic acids is 1. The maximum absolute atomic E-state index is 13.1. The Morgan fingerprint density at radius 1 is 1.19 bits per heavy atom. The molecule has 1 saturated heterocycles. The number of benzene rings is 1. The maximum Gasteiger partial charge on any atom is 0.272 e. The highest BCUT2D eigenvalue weighted by Crippen LogP contribution is 2.29. The van der Waals surface area contributed by atoms with Gasteiger partial charge in [0.25, 0.3) is 5.91 Å². The monoisotopic (exact) mass is 419 g/mol. The highest BCUT2D eigenvalue weighted by atomic mass is 16.5. The van der Waals surface area contributed by atoms with Crippen molar-refractivity contribution in [1.82, 2.24) is 24.6 Å². The fraction of sp³-hybridized carbons (Fsp3) is 0.417. The maximum atomic E-state index is 13.1. The van der Waals surface area contributed by atoms with Crippen molar-refractivity contribution in [3.8, 4) is 0 Å². The van der Waals surface area contributed by atoms with Crippen LogP contribution in [0.15, 0.2) is 48.8 Å². The molecule has 0 aliphatic carbocycles. The van der Waals surface area contributed by atoms with Gasteiger partial charge in [0.1, 0.15) is 11.5 Å². The molecule has 4 rings (SSSR count). The van der Waals surface area contributed by atoms with Gasteiger partial charge in [0.05, 0.1) is 18.9 Å². The summed E-state index contributed by atoms with van der Waals surface area (Å²) in [6.45, 7) is 6.99. The SMILES string of the molecule is CCn1nccc1C(=O)N1CCCC(c2nc(C)ncc2COCc2ccccc2)C1. The summed E-state index contributed by atoms with van der Waals surface area (Å²) in [5.74, 6) is 0.957. The van der Waals surface area contributed by atoms with E-state index in [1.54, 1.807) is 16.9 Å². The van der Waals surface area contributed by atoms with E-state index in [4.69, 9.17) is 9.72 Å². The molecule has 3 heterocycles. The summed E-state index contributed by atoms with van der Waals surface area (Å²) in [7, 11) is 0. The van der Waals surface area contributed by atoms with Gasteiger partial charge in [-0.05, 0) is 38.3 Å². The Kier molecular flexibility index (Phi) is 6.72. The molecule has 7 heteroatoms. The zero-order valence-corrected chi connectivity index (χ0v) is 18.2. The van der Waals surface area contributed by atoms with Crippen LogP contribution in [0, 0.1) is 6.92 Å². The van der Waals surface area contributed by atoms with E-state index in [0.717, 1.165) is 42.0 Å².